The minimum Gasteiger partial charge on any atom is -0.467 e. The first-order valence-corrected chi connectivity index (χ1v) is 12.2. The van der Waals surface area contributed by atoms with Gasteiger partial charge in [0.1, 0.15) is 12.2 Å². The summed E-state index contributed by atoms with van der Waals surface area (Å²) >= 11 is 0. The van der Waals surface area contributed by atoms with Crippen LogP contribution in [0.1, 0.15) is 40.5 Å². The first kappa shape index (κ1) is 25.1. The number of carbonyl (C=O) groups is 4. The number of carbonyl (C=O) groups excluding carboxylic acids is 4. The second kappa shape index (κ2) is 7.97. The fourth-order valence-corrected chi connectivity index (χ4v) is 8.25. The Morgan fingerprint density at radius 3 is 2.53 bits per heavy atom. The van der Waals surface area contributed by atoms with Gasteiger partial charge in [-0.3, -0.25) is 4.79 Å². The van der Waals surface area contributed by atoms with E-state index in [1.165, 1.54) is 6.08 Å². The third-order valence-corrected chi connectivity index (χ3v) is 9.28. The Bertz CT molecular complexity index is 1100. The highest BCUT2D eigenvalue weighted by atomic mass is 16.6. The topological polar surface area (TPSA) is 146 Å². The summed E-state index contributed by atoms with van der Waals surface area (Å²) < 4.78 is 22.6. The van der Waals surface area contributed by atoms with Gasteiger partial charge in [0.2, 0.25) is 11.7 Å². The number of ketones is 1. The molecule has 2 saturated heterocycles. The molecule has 0 radical (unpaired) electrons. The molecule has 0 aromatic heterocycles. The molecule has 2 N–H and O–H groups in total. The Morgan fingerprint density at radius 1 is 1.19 bits per heavy atom. The predicted octanol–water partition coefficient (Wildman–Crippen LogP) is 0.631. The van der Waals surface area contributed by atoms with Crippen molar-refractivity contribution in [3.8, 4) is 0 Å². The molecular weight excluding hydrogens is 472 g/mol. The van der Waals surface area contributed by atoms with Gasteiger partial charge < -0.3 is 29.2 Å². The van der Waals surface area contributed by atoms with Crippen LogP contribution in [0.5, 0.6) is 0 Å². The van der Waals surface area contributed by atoms with E-state index in [2.05, 4.69) is 0 Å². The molecule has 196 valence electrons. The predicted molar refractivity (Wildman–Crippen MR) is 121 cm³/mol. The first-order valence-electron chi connectivity index (χ1n) is 12.2. The van der Waals surface area contributed by atoms with E-state index < -0.39 is 70.6 Å². The molecule has 0 amide bonds. The molecule has 5 rings (SSSR count). The van der Waals surface area contributed by atoms with E-state index in [9.17, 15) is 29.4 Å². The van der Waals surface area contributed by atoms with Crippen LogP contribution >= 0.6 is 0 Å². The molecule has 10 nitrogen and oxygen atoms in total. The molecule has 0 aromatic rings. The molecule has 2 aliphatic heterocycles. The SMILES string of the molecule is COC(=O)[C@@]12OC[C@]34[C@H]([C@@H](O)[C@@H]1O)[C@@]1(C)CC(=O)C=C(C)[C@@H]1C[C@H]3OC(=O)[C@H](OC(=O)C=C(C)C)[C@@H]24. The first-order chi connectivity index (χ1) is 16.8. The lowest BCUT2D eigenvalue weighted by molar-refractivity contribution is -0.289. The standard InChI is InChI=1S/C26H32O10/c1-11(2)6-16(28)36-18-20-25-10-34-26(20,23(32)33-5)21(30)17(29)19(25)24(4)9-13(27)7-12(3)14(24)8-15(25)35-22(18)31/h6-7,14-15,17-21,29-30H,8-10H2,1-5H3/t14-,15+,17+,18+,19+,20+,21-,24-,25+,26-/m0/s1. The van der Waals surface area contributed by atoms with E-state index in [0.29, 0.717) is 12.0 Å². The molecule has 2 heterocycles. The van der Waals surface area contributed by atoms with E-state index in [4.69, 9.17) is 18.9 Å². The normalized spacial score (nSPS) is 46.5. The second-order valence-electron chi connectivity index (χ2n) is 11.4. The van der Waals surface area contributed by atoms with E-state index in [0.717, 1.165) is 12.7 Å². The van der Waals surface area contributed by atoms with E-state index in [-0.39, 0.29) is 24.7 Å². The number of aliphatic hydroxyl groups excluding tert-OH is 2. The monoisotopic (exact) mass is 504 g/mol. The van der Waals surface area contributed by atoms with Crippen molar-refractivity contribution in [1.29, 1.82) is 0 Å². The Kier molecular flexibility index (Phi) is 5.56. The summed E-state index contributed by atoms with van der Waals surface area (Å²) in [5, 5.41) is 23.1. The van der Waals surface area contributed by atoms with Crippen molar-refractivity contribution in [3.05, 3.63) is 23.3 Å². The van der Waals surface area contributed by atoms with Crippen LogP contribution < -0.4 is 0 Å². The Hall–Kier alpha value is -2.56. The van der Waals surface area contributed by atoms with Crippen molar-refractivity contribution in [1.82, 2.24) is 0 Å². The largest absolute Gasteiger partial charge is 0.467 e. The number of hydrogen-bond acceptors (Lipinski definition) is 10. The Balaban J connectivity index is 1.73. The molecule has 10 atom stereocenters. The maximum atomic E-state index is 13.4. The zero-order valence-corrected chi connectivity index (χ0v) is 21.0. The maximum absolute atomic E-state index is 13.4. The number of ether oxygens (including phenoxy) is 4. The van der Waals surface area contributed by atoms with Crippen LogP contribution in [0.15, 0.2) is 23.3 Å². The van der Waals surface area contributed by atoms with Crippen LogP contribution in [0.25, 0.3) is 0 Å². The van der Waals surface area contributed by atoms with Gasteiger partial charge >= 0.3 is 17.9 Å². The summed E-state index contributed by atoms with van der Waals surface area (Å²) in [6, 6.07) is 0. The van der Waals surface area contributed by atoms with Crippen molar-refractivity contribution >= 4 is 23.7 Å². The van der Waals surface area contributed by atoms with Gasteiger partial charge in [-0.15, -0.1) is 0 Å². The Labute approximate surface area is 208 Å². The van der Waals surface area contributed by atoms with Crippen LogP contribution in [0, 0.1) is 28.6 Å². The second-order valence-corrected chi connectivity index (χ2v) is 11.4. The zero-order chi connectivity index (χ0) is 26.4. The molecule has 2 saturated carbocycles. The molecule has 2 bridgehead atoms. The van der Waals surface area contributed by atoms with E-state index in [1.807, 2.05) is 13.8 Å². The van der Waals surface area contributed by atoms with Gasteiger partial charge in [0, 0.05) is 23.8 Å². The van der Waals surface area contributed by atoms with Crippen molar-refractivity contribution in [2.24, 2.45) is 28.6 Å². The minimum atomic E-state index is -2.16. The number of allylic oxidation sites excluding steroid dienone is 3. The van der Waals surface area contributed by atoms with Gasteiger partial charge in [-0.2, -0.15) is 0 Å². The van der Waals surface area contributed by atoms with Crippen LogP contribution in [0.3, 0.4) is 0 Å². The molecule has 5 aliphatic rings. The van der Waals surface area contributed by atoms with Crippen LogP contribution in [0.2, 0.25) is 0 Å². The number of aliphatic hydroxyl groups is 2. The van der Waals surface area contributed by atoms with E-state index >= 15 is 0 Å². The third kappa shape index (κ3) is 2.95. The summed E-state index contributed by atoms with van der Waals surface area (Å²) in [7, 11) is 1.12. The summed E-state index contributed by atoms with van der Waals surface area (Å²) in [4.78, 5) is 52.0. The van der Waals surface area contributed by atoms with Crippen LogP contribution in [-0.2, 0) is 38.1 Å². The molecule has 36 heavy (non-hydrogen) atoms. The van der Waals surface area contributed by atoms with Crippen molar-refractivity contribution < 1.29 is 48.3 Å². The van der Waals surface area contributed by atoms with Gasteiger partial charge in [0.05, 0.1) is 25.7 Å². The van der Waals surface area contributed by atoms with Gasteiger partial charge in [0.15, 0.2) is 5.78 Å². The average molecular weight is 505 g/mol. The van der Waals surface area contributed by atoms with Crippen LogP contribution in [-0.4, -0.2) is 77.6 Å². The molecular formula is C26H32O10. The highest BCUT2D eigenvalue weighted by Crippen LogP contribution is 2.72. The number of methoxy groups -OCH3 is 1. The van der Waals surface area contributed by atoms with Gasteiger partial charge in [-0.25, -0.2) is 14.4 Å². The van der Waals surface area contributed by atoms with Gasteiger partial charge in [-0.1, -0.05) is 18.1 Å². The highest BCUT2D eigenvalue weighted by Gasteiger charge is 2.85. The lowest BCUT2D eigenvalue weighted by atomic mass is 9.38. The molecule has 10 heteroatoms. The van der Waals surface area contributed by atoms with E-state index in [1.54, 1.807) is 19.9 Å². The van der Waals surface area contributed by atoms with Crippen molar-refractivity contribution in [2.75, 3.05) is 13.7 Å². The zero-order valence-electron chi connectivity index (χ0n) is 21.0. The molecule has 4 fully saturated rings. The van der Waals surface area contributed by atoms with Crippen molar-refractivity contribution in [2.45, 2.75) is 70.6 Å². The summed E-state index contributed by atoms with van der Waals surface area (Å²) in [6.07, 6.45) is -2.47. The molecule has 0 aromatic carbocycles. The number of hydrogen-bond donors (Lipinski definition) is 2. The molecule has 0 unspecified atom stereocenters. The molecule has 3 aliphatic carbocycles. The molecule has 1 spiro atoms. The summed E-state index contributed by atoms with van der Waals surface area (Å²) in [6.45, 7) is 6.94. The summed E-state index contributed by atoms with van der Waals surface area (Å²) in [5.41, 5.74) is -2.77. The van der Waals surface area contributed by atoms with Crippen molar-refractivity contribution in [3.63, 3.8) is 0 Å². The fraction of sp³-hybridized carbons (Fsp3) is 0.692. The average Bonchev–Trinajstić information content (AvgIpc) is 3.08. The fourth-order valence-electron chi connectivity index (χ4n) is 8.25. The lowest BCUT2D eigenvalue weighted by Crippen LogP contribution is -2.79. The Morgan fingerprint density at radius 2 is 1.89 bits per heavy atom. The highest BCUT2D eigenvalue weighted by molar-refractivity contribution is 5.93. The summed E-state index contributed by atoms with van der Waals surface area (Å²) in [5.74, 6) is -4.97. The number of rotatable bonds is 3. The maximum Gasteiger partial charge on any atom is 0.348 e. The third-order valence-electron chi connectivity index (χ3n) is 9.28. The minimum absolute atomic E-state index is 0.103. The van der Waals surface area contributed by atoms with Crippen LogP contribution in [0.4, 0.5) is 0 Å². The smallest absolute Gasteiger partial charge is 0.348 e. The number of fused-ring (bicyclic) bond motifs is 2. The quantitative estimate of drug-likeness (QED) is 0.319. The van der Waals surface area contributed by atoms with Gasteiger partial charge in [-0.05, 0) is 44.6 Å². The lowest BCUT2D eigenvalue weighted by Gasteiger charge is -2.67. The number of esters is 3. The van der Waals surface area contributed by atoms with Gasteiger partial charge in [0.25, 0.3) is 0 Å².